The molecule has 1 aliphatic rings. The number of aromatic nitrogens is 8. The number of aryl methyl sites for hydroxylation is 2. The highest BCUT2D eigenvalue weighted by atomic mass is 32.2. The second-order valence-electron chi connectivity index (χ2n) is 9.25. The van der Waals surface area contributed by atoms with Crippen molar-refractivity contribution < 1.29 is 8.42 Å². The Morgan fingerprint density at radius 1 is 1.17 bits per heavy atom. The first kappa shape index (κ1) is 23.3. The molecule has 0 bridgehead atoms. The van der Waals surface area contributed by atoms with Crippen LogP contribution in [-0.4, -0.2) is 59.4 Å². The van der Waals surface area contributed by atoms with Crippen molar-refractivity contribution >= 4 is 27.0 Å². The van der Waals surface area contributed by atoms with Crippen molar-refractivity contribution in [1.29, 1.82) is 0 Å². The molecule has 0 unspecified atom stereocenters. The van der Waals surface area contributed by atoms with E-state index in [0.717, 1.165) is 40.4 Å². The zero-order chi connectivity index (χ0) is 24.9. The van der Waals surface area contributed by atoms with Gasteiger partial charge in [0.25, 0.3) is 10.0 Å². The number of anilines is 1. The van der Waals surface area contributed by atoms with Crippen LogP contribution < -0.4 is 5.32 Å². The Kier molecular flexibility index (Phi) is 5.78. The Bertz CT molecular complexity index is 1500. The molecular formula is C23H29N9O2S. The molecule has 1 aliphatic carbocycles. The van der Waals surface area contributed by atoms with Crippen LogP contribution in [0.15, 0.2) is 18.7 Å². The summed E-state index contributed by atoms with van der Waals surface area (Å²) < 4.78 is 27.9. The molecule has 4 aromatic heterocycles. The van der Waals surface area contributed by atoms with E-state index in [-0.39, 0.29) is 12.0 Å². The molecule has 0 aliphatic heterocycles. The molecule has 0 aromatic carbocycles. The molecule has 1 atom stereocenters. The van der Waals surface area contributed by atoms with E-state index in [1.54, 1.807) is 18.7 Å². The number of nitrogens with zero attached hydrogens (tertiary/aromatic N) is 8. The molecule has 0 spiro atoms. The first-order valence-electron chi connectivity index (χ1n) is 11.7. The summed E-state index contributed by atoms with van der Waals surface area (Å²) in [7, 11) is -3.45. The van der Waals surface area contributed by atoms with Gasteiger partial charge in [0.15, 0.2) is 17.0 Å². The normalized spacial score (nSPS) is 16.1. The monoisotopic (exact) mass is 495 g/mol. The Morgan fingerprint density at radius 3 is 2.57 bits per heavy atom. The van der Waals surface area contributed by atoms with Crippen LogP contribution in [0.4, 0.5) is 5.82 Å². The summed E-state index contributed by atoms with van der Waals surface area (Å²) in [6.07, 6.45) is 8.32. The lowest BCUT2D eigenvalue weighted by molar-refractivity contribution is 0.567. The van der Waals surface area contributed by atoms with Crippen LogP contribution in [0.3, 0.4) is 0 Å². The number of rotatable bonds is 6. The molecule has 4 aromatic rings. The van der Waals surface area contributed by atoms with Gasteiger partial charge < -0.3 is 9.88 Å². The van der Waals surface area contributed by atoms with E-state index >= 15 is 0 Å². The van der Waals surface area contributed by atoms with Crippen LogP contribution >= 0.6 is 0 Å². The second kappa shape index (κ2) is 8.67. The van der Waals surface area contributed by atoms with E-state index in [0.29, 0.717) is 36.5 Å². The third-order valence-corrected chi connectivity index (χ3v) is 7.29. The zero-order valence-corrected chi connectivity index (χ0v) is 21.3. The lowest BCUT2D eigenvalue weighted by atomic mass is 9.89. The molecule has 0 saturated heterocycles. The van der Waals surface area contributed by atoms with Gasteiger partial charge in [-0.05, 0) is 39.0 Å². The Balaban J connectivity index is 1.51. The summed E-state index contributed by atoms with van der Waals surface area (Å²) in [4.78, 5) is 22.5. The predicted octanol–water partition coefficient (Wildman–Crippen LogP) is 2.71. The molecule has 12 heteroatoms. The second-order valence-corrected chi connectivity index (χ2v) is 11.1. The fraction of sp³-hybridized carbons (Fsp3) is 0.478. The maximum Gasteiger partial charge on any atom is 0.251 e. The molecule has 0 fully saturated rings. The molecule has 35 heavy (non-hydrogen) atoms. The quantitative estimate of drug-likeness (QED) is 0.428. The zero-order valence-electron chi connectivity index (χ0n) is 20.5. The SMILES string of the molecule is CCn1c(-c2cnc(C)nc2)nc2c(N[C@@H]3CCc4c(c(C(C)C)nn4S(C)(=O)=O)C3)ncnc21. The third-order valence-electron chi connectivity index (χ3n) is 6.36. The molecule has 4 heterocycles. The minimum absolute atomic E-state index is 0.0632. The predicted molar refractivity (Wildman–Crippen MR) is 133 cm³/mol. The molecule has 0 radical (unpaired) electrons. The summed E-state index contributed by atoms with van der Waals surface area (Å²) in [5.74, 6) is 2.22. The minimum atomic E-state index is -3.45. The Morgan fingerprint density at radius 2 is 1.91 bits per heavy atom. The minimum Gasteiger partial charge on any atom is -0.365 e. The van der Waals surface area contributed by atoms with Crippen molar-refractivity contribution in [1.82, 2.24) is 38.7 Å². The van der Waals surface area contributed by atoms with Crippen molar-refractivity contribution in [3.05, 3.63) is 41.5 Å². The number of hydrogen-bond acceptors (Lipinski definition) is 9. The van der Waals surface area contributed by atoms with Gasteiger partial charge >= 0.3 is 0 Å². The molecule has 184 valence electrons. The van der Waals surface area contributed by atoms with Gasteiger partial charge in [0, 0.05) is 30.5 Å². The topological polar surface area (TPSA) is 133 Å². The maximum absolute atomic E-state index is 12.3. The van der Waals surface area contributed by atoms with Gasteiger partial charge in [-0.3, -0.25) is 0 Å². The van der Waals surface area contributed by atoms with Gasteiger partial charge in [0.1, 0.15) is 18.0 Å². The highest BCUT2D eigenvalue weighted by Crippen LogP contribution is 2.32. The summed E-state index contributed by atoms with van der Waals surface area (Å²) in [5.41, 5.74) is 4.88. The lowest BCUT2D eigenvalue weighted by Crippen LogP contribution is -2.29. The van der Waals surface area contributed by atoms with E-state index in [1.807, 2.05) is 32.3 Å². The van der Waals surface area contributed by atoms with Gasteiger partial charge in [-0.2, -0.15) is 9.19 Å². The van der Waals surface area contributed by atoms with Gasteiger partial charge in [-0.15, -0.1) is 0 Å². The first-order valence-corrected chi connectivity index (χ1v) is 13.6. The third kappa shape index (κ3) is 4.15. The van der Waals surface area contributed by atoms with E-state index in [1.165, 1.54) is 10.3 Å². The number of imidazole rings is 1. The van der Waals surface area contributed by atoms with Crippen molar-refractivity contribution in [2.24, 2.45) is 0 Å². The number of fused-ring (bicyclic) bond motifs is 2. The van der Waals surface area contributed by atoms with Crippen molar-refractivity contribution in [2.45, 2.75) is 65.5 Å². The van der Waals surface area contributed by atoms with Crippen LogP contribution in [-0.2, 0) is 29.4 Å². The lowest BCUT2D eigenvalue weighted by Gasteiger charge is -2.25. The van der Waals surface area contributed by atoms with Gasteiger partial charge in [-0.1, -0.05) is 13.8 Å². The smallest absolute Gasteiger partial charge is 0.251 e. The fourth-order valence-corrected chi connectivity index (χ4v) is 5.57. The first-order chi connectivity index (χ1) is 16.7. The van der Waals surface area contributed by atoms with Crippen LogP contribution in [0.1, 0.15) is 55.9 Å². The molecule has 11 nitrogen and oxygen atoms in total. The van der Waals surface area contributed by atoms with Gasteiger partial charge in [0.2, 0.25) is 0 Å². The summed E-state index contributed by atoms with van der Waals surface area (Å²) in [6.45, 7) is 8.65. The Labute approximate surface area is 204 Å². The summed E-state index contributed by atoms with van der Waals surface area (Å²) in [6, 6.07) is 0.0632. The molecule has 0 amide bonds. The van der Waals surface area contributed by atoms with E-state index in [9.17, 15) is 8.42 Å². The van der Waals surface area contributed by atoms with E-state index < -0.39 is 10.0 Å². The standard InChI is InChI=1S/C23H29N9O2S/c1-6-31-22(15-10-24-14(4)25-11-15)29-20-21(26-12-27-23(20)31)28-16-7-8-18-17(9-16)19(13(2)3)30-32(18)35(5,33)34/h10-13,16H,6-9H2,1-5H3,(H,26,27,28)/t16-/m1/s1. The fourth-order valence-electron chi connectivity index (χ4n) is 4.74. The van der Waals surface area contributed by atoms with Crippen LogP contribution in [0.2, 0.25) is 0 Å². The van der Waals surface area contributed by atoms with E-state index in [4.69, 9.17) is 4.98 Å². The van der Waals surface area contributed by atoms with Crippen molar-refractivity contribution in [3.63, 3.8) is 0 Å². The van der Waals surface area contributed by atoms with Crippen molar-refractivity contribution in [3.8, 4) is 11.4 Å². The molecule has 5 rings (SSSR count). The highest BCUT2D eigenvalue weighted by Gasteiger charge is 2.31. The van der Waals surface area contributed by atoms with Gasteiger partial charge in [-0.25, -0.2) is 33.3 Å². The van der Waals surface area contributed by atoms with Crippen LogP contribution in [0.5, 0.6) is 0 Å². The summed E-state index contributed by atoms with van der Waals surface area (Å²) >= 11 is 0. The molecule has 0 saturated carbocycles. The van der Waals surface area contributed by atoms with E-state index in [2.05, 4.69) is 30.4 Å². The largest absolute Gasteiger partial charge is 0.365 e. The molecular weight excluding hydrogens is 466 g/mol. The molecule has 1 N–H and O–H groups in total. The van der Waals surface area contributed by atoms with Crippen LogP contribution in [0, 0.1) is 6.92 Å². The number of hydrogen-bond donors (Lipinski definition) is 1. The summed E-state index contributed by atoms with van der Waals surface area (Å²) in [5, 5.41) is 8.03. The average Bonchev–Trinajstić information content (AvgIpc) is 3.38. The van der Waals surface area contributed by atoms with Gasteiger partial charge in [0.05, 0.1) is 23.2 Å². The average molecular weight is 496 g/mol. The van der Waals surface area contributed by atoms with Crippen LogP contribution in [0.25, 0.3) is 22.6 Å². The Hall–Kier alpha value is -3.41. The highest BCUT2D eigenvalue weighted by molar-refractivity contribution is 7.89. The maximum atomic E-state index is 12.3. The van der Waals surface area contributed by atoms with Crippen molar-refractivity contribution in [2.75, 3.05) is 11.6 Å². The number of nitrogens with one attached hydrogen (secondary N) is 1.